The van der Waals surface area contributed by atoms with Crippen molar-refractivity contribution < 1.29 is 62.1 Å². The van der Waals surface area contributed by atoms with Crippen LogP contribution in [0.2, 0.25) is 0 Å². The number of carboxylic acid groups (broad SMARTS) is 1. The first-order chi connectivity index (χ1) is 12.3. The molecule has 0 bridgehead atoms. The van der Waals surface area contributed by atoms with Gasteiger partial charge < -0.3 is 19.4 Å². The number of ether oxygens (including phenoxy) is 2. The maximum atomic E-state index is 14.1. The smallest absolute Gasteiger partial charge is 0.545 e. The van der Waals surface area contributed by atoms with E-state index in [1.54, 1.807) is 18.2 Å². The van der Waals surface area contributed by atoms with E-state index in [9.17, 15) is 23.1 Å². The zero-order chi connectivity index (χ0) is 18.9. The van der Waals surface area contributed by atoms with Gasteiger partial charge in [0.05, 0.1) is 13.1 Å². The molecule has 0 aromatic heterocycles. The molecule has 0 spiro atoms. The Morgan fingerprint density at radius 1 is 1.15 bits per heavy atom. The Kier molecular flexibility index (Phi) is 6.29. The maximum absolute atomic E-state index is 14.1. The van der Waals surface area contributed by atoms with Crippen LogP contribution in [0.5, 0.6) is 11.5 Å². The predicted octanol–water partition coefficient (Wildman–Crippen LogP) is -0.231. The second kappa shape index (κ2) is 7.96. The minimum atomic E-state index is -5.01. The van der Waals surface area contributed by atoms with Gasteiger partial charge in [0, 0.05) is 17.6 Å². The van der Waals surface area contributed by atoms with Gasteiger partial charge in [-0.25, -0.2) is 0 Å². The van der Waals surface area contributed by atoms with Gasteiger partial charge >= 0.3 is 35.7 Å². The summed E-state index contributed by atoms with van der Waals surface area (Å²) in [5, 5.41) is 11.6. The van der Waals surface area contributed by atoms with Crippen molar-refractivity contribution in [1.82, 2.24) is 0 Å². The van der Waals surface area contributed by atoms with Gasteiger partial charge in [0.1, 0.15) is 11.5 Å². The Morgan fingerprint density at radius 2 is 1.78 bits per heavy atom. The fourth-order valence-corrected chi connectivity index (χ4v) is 2.99. The minimum Gasteiger partial charge on any atom is -0.545 e. The average Bonchev–Trinajstić information content (AvgIpc) is 2.60. The summed E-state index contributed by atoms with van der Waals surface area (Å²) in [5.41, 5.74) is -3.66. The molecule has 1 heterocycles. The second-order valence-corrected chi connectivity index (χ2v) is 5.80. The van der Waals surface area contributed by atoms with Gasteiger partial charge in [-0.05, 0) is 23.8 Å². The SMILES string of the molecule is COc1ccccc1CC1(C(F)(F)F)Oc2ccccc2C=C1C(=O)[O-].[Na+]. The average molecular weight is 386 g/mol. The van der Waals surface area contributed by atoms with Crippen LogP contribution in [0.4, 0.5) is 13.2 Å². The maximum Gasteiger partial charge on any atom is 1.00 e. The summed E-state index contributed by atoms with van der Waals surface area (Å²) in [5.74, 6) is -1.78. The monoisotopic (exact) mass is 386 g/mol. The molecule has 0 N–H and O–H groups in total. The van der Waals surface area contributed by atoms with E-state index in [0.29, 0.717) is 0 Å². The van der Waals surface area contributed by atoms with Gasteiger partial charge in [-0.3, -0.25) is 0 Å². The molecule has 8 heteroatoms. The minimum absolute atomic E-state index is 0. The van der Waals surface area contributed by atoms with E-state index in [-0.39, 0.29) is 52.2 Å². The van der Waals surface area contributed by atoms with Gasteiger partial charge in [0.2, 0.25) is 5.60 Å². The number of carbonyl (C=O) groups is 1. The van der Waals surface area contributed by atoms with E-state index >= 15 is 0 Å². The van der Waals surface area contributed by atoms with E-state index in [2.05, 4.69) is 0 Å². The molecule has 1 atom stereocenters. The summed E-state index contributed by atoms with van der Waals surface area (Å²) in [6.07, 6.45) is -4.82. The summed E-state index contributed by atoms with van der Waals surface area (Å²) >= 11 is 0. The zero-order valence-electron chi connectivity index (χ0n) is 14.7. The predicted molar refractivity (Wildman–Crippen MR) is 85.5 cm³/mol. The van der Waals surface area contributed by atoms with E-state index in [1.807, 2.05) is 0 Å². The summed E-state index contributed by atoms with van der Waals surface area (Å²) in [6.45, 7) is 0. The quantitative estimate of drug-likeness (QED) is 0.682. The first kappa shape index (κ1) is 21.3. The van der Waals surface area contributed by atoms with E-state index in [4.69, 9.17) is 9.47 Å². The van der Waals surface area contributed by atoms with Crippen molar-refractivity contribution in [1.29, 1.82) is 0 Å². The number of para-hydroxylation sites is 2. The molecule has 0 aliphatic carbocycles. The fraction of sp³-hybridized carbons (Fsp3) is 0.211. The van der Waals surface area contributed by atoms with Crippen LogP contribution in [-0.2, 0) is 11.2 Å². The second-order valence-electron chi connectivity index (χ2n) is 5.80. The molecular weight excluding hydrogens is 372 g/mol. The standard InChI is InChI=1S/C19H15F3O4.Na/c1-25-15-8-4-3-7-13(15)11-18(19(20,21)22)14(17(23)24)10-12-6-2-5-9-16(12)26-18;/h2-10H,11H2,1H3,(H,23,24);/q;+1/p-1. The molecule has 0 radical (unpaired) electrons. The van der Waals surface area contributed by atoms with Gasteiger partial charge in [0.15, 0.2) is 0 Å². The van der Waals surface area contributed by atoms with Crippen molar-refractivity contribution in [3.05, 3.63) is 65.2 Å². The molecule has 1 aliphatic rings. The van der Waals surface area contributed by atoms with Gasteiger partial charge in [-0.2, -0.15) is 13.2 Å². The largest absolute Gasteiger partial charge is 1.00 e. The summed E-state index contributed by atoms with van der Waals surface area (Å²) in [7, 11) is 1.33. The molecular formula is C19H14F3NaO4. The van der Waals surface area contributed by atoms with Gasteiger partial charge in [0.25, 0.3) is 0 Å². The normalized spacial score (nSPS) is 18.4. The first-order valence-corrected chi connectivity index (χ1v) is 7.68. The molecule has 136 valence electrons. The fourth-order valence-electron chi connectivity index (χ4n) is 2.99. The molecule has 0 fully saturated rings. The number of aliphatic carboxylic acids is 1. The number of hydrogen-bond acceptors (Lipinski definition) is 4. The number of methoxy groups -OCH3 is 1. The molecule has 0 saturated carbocycles. The van der Waals surface area contributed by atoms with Crippen molar-refractivity contribution in [2.45, 2.75) is 18.2 Å². The number of rotatable bonds is 4. The molecule has 4 nitrogen and oxygen atoms in total. The third-order valence-electron chi connectivity index (χ3n) is 4.25. The summed E-state index contributed by atoms with van der Waals surface area (Å²) in [6, 6.07) is 12.0. The molecule has 1 unspecified atom stereocenters. The number of benzene rings is 2. The molecule has 3 rings (SSSR count). The van der Waals surface area contributed by atoms with Crippen LogP contribution < -0.4 is 44.1 Å². The molecule has 1 aliphatic heterocycles. The Labute approximate surface area is 175 Å². The van der Waals surface area contributed by atoms with Crippen LogP contribution in [-0.4, -0.2) is 24.9 Å². The molecule has 27 heavy (non-hydrogen) atoms. The zero-order valence-corrected chi connectivity index (χ0v) is 16.7. The summed E-state index contributed by atoms with van der Waals surface area (Å²) in [4.78, 5) is 11.6. The summed E-state index contributed by atoms with van der Waals surface area (Å²) < 4.78 is 52.8. The Balaban J connectivity index is 0.00000261. The van der Waals surface area contributed by atoms with E-state index in [0.717, 1.165) is 6.08 Å². The molecule has 0 amide bonds. The molecule has 0 saturated heterocycles. The van der Waals surface area contributed by atoms with E-state index in [1.165, 1.54) is 37.4 Å². The van der Waals surface area contributed by atoms with Crippen LogP contribution in [0.1, 0.15) is 11.1 Å². The van der Waals surface area contributed by atoms with Crippen LogP contribution in [0.15, 0.2) is 54.1 Å². The third-order valence-corrected chi connectivity index (χ3v) is 4.25. The van der Waals surface area contributed by atoms with Crippen molar-refractivity contribution in [3.63, 3.8) is 0 Å². The molecule has 2 aromatic carbocycles. The Hall–Kier alpha value is -1.96. The Morgan fingerprint density at radius 3 is 2.41 bits per heavy atom. The van der Waals surface area contributed by atoms with Crippen LogP contribution >= 0.6 is 0 Å². The number of halogens is 3. The van der Waals surface area contributed by atoms with Crippen molar-refractivity contribution in [2.75, 3.05) is 7.11 Å². The number of fused-ring (bicyclic) bond motifs is 1. The molecule has 2 aromatic rings. The first-order valence-electron chi connectivity index (χ1n) is 7.68. The van der Waals surface area contributed by atoms with Gasteiger partial charge in [-0.15, -0.1) is 0 Å². The van der Waals surface area contributed by atoms with Crippen molar-refractivity contribution in [3.8, 4) is 11.5 Å². The van der Waals surface area contributed by atoms with Crippen LogP contribution in [0.3, 0.4) is 0 Å². The number of alkyl halides is 3. The Bertz CT molecular complexity index is 879. The number of carbonyl (C=O) groups excluding carboxylic acids is 1. The number of carboxylic acids is 1. The number of hydrogen-bond donors (Lipinski definition) is 0. The van der Waals surface area contributed by atoms with Crippen LogP contribution in [0, 0.1) is 0 Å². The van der Waals surface area contributed by atoms with Crippen molar-refractivity contribution in [2.24, 2.45) is 0 Å². The van der Waals surface area contributed by atoms with Gasteiger partial charge in [-0.1, -0.05) is 36.4 Å². The van der Waals surface area contributed by atoms with Crippen LogP contribution in [0.25, 0.3) is 6.08 Å². The van der Waals surface area contributed by atoms with E-state index < -0.39 is 29.7 Å². The topological polar surface area (TPSA) is 58.6 Å². The third kappa shape index (κ3) is 3.85. The van der Waals surface area contributed by atoms with Crippen molar-refractivity contribution >= 4 is 12.0 Å².